The van der Waals surface area contributed by atoms with Crippen LogP contribution in [0.1, 0.15) is 5.56 Å². The summed E-state index contributed by atoms with van der Waals surface area (Å²) in [5, 5.41) is 1.14. The Labute approximate surface area is 150 Å². The van der Waals surface area contributed by atoms with Gasteiger partial charge in [-0.25, -0.2) is 9.97 Å². The molecule has 0 spiro atoms. The molecule has 1 fully saturated rings. The van der Waals surface area contributed by atoms with E-state index in [2.05, 4.69) is 14.9 Å². The van der Waals surface area contributed by atoms with E-state index in [0.29, 0.717) is 41.4 Å². The maximum atomic E-state index is 6.13. The average Bonchev–Trinajstić information content (AvgIpc) is 2.62. The molecule has 1 atom stereocenters. The van der Waals surface area contributed by atoms with E-state index >= 15 is 0 Å². The van der Waals surface area contributed by atoms with Gasteiger partial charge in [-0.05, 0) is 12.1 Å². The lowest BCUT2D eigenvalue weighted by molar-refractivity contribution is 0.0460. The van der Waals surface area contributed by atoms with E-state index in [1.807, 2.05) is 0 Å². The molecule has 0 unspecified atom stereocenters. The Balaban J connectivity index is 1.62. The maximum Gasteiger partial charge on any atom is 0.225 e. The fourth-order valence-electron chi connectivity index (χ4n) is 2.42. The molecule has 1 aromatic heterocycles. The molecular weight excluding hydrogens is 351 g/mol. The van der Waals surface area contributed by atoms with Crippen LogP contribution in [0, 0.1) is 0 Å². The van der Waals surface area contributed by atoms with Crippen LogP contribution < -0.4 is 15.4 Å². The first-order valence-electron chi connectivity index (χ1n) is 7.61. The van der Waals surface area contributed by atoms with Crippen molar-refractivity contribution >= 4 is 29.2 Å². The van der Waals surface area contributed by atoms with Crippen molar-refractivity contribution in [1.82, 2.24) is 9.97 Å². The van der Waals surface area contributed by atoms with Gasteiger partial charge in [-0.3, -0.25) is 0 Å². The summed E-state index contributed by atoms with van der Waals surface area (Å²) >= 11 is 12.3. The summed E-state index contributed by atoms with van der Waals surface area (Å²) in [6, 6.07) is 5.35. The van der Waals surface area contributed by atoms with Crippen LogP contribution in [-0.2, 0) is 11.3 Å². The van der Waals surface area contributed by atoms with Gasteiger partial charge in [0.15, 0.2) is 5.75 Å². The highest BCUT2D eigenvalue weighted by Crippen LogP contribution is 2.25. The number of rotatable bonds is 5. The Morgan fingerprint density at radius 2 is 1.96 bits per heavy atom. The minimum atomic E-state index is 0.0145. The highest BCUT2D eigenvalue weighted by Gasteiger charge is 2.21. The third-order valence-corrected chi connectivity index (χ3v) is 4.45. The van der Waals surface area contributed by atoms with Gasteiger partial charge in [0.1, 0.15) is 6.61 Å². The van der Waals surface area contributed by atoms with Crippen molar-refractivity contribution in [2.45, 2.75) is 12.7 Å². The fourth-order valence-corrected chi connectivity index (χ4v) is 2.92. The first-order chi connectivity index (χ1) is 11.7. The van der Waals surface area contributed by atoms with Crippen molar-refractivity contribution in [3.8, 4) is 5.75 Å². The largest absolute Gasteiger partial charge is 0.486 e. The van der Waals surface area contributed by atoms with E-state index in [1.165, 1.54) is 0 Å². The minimum absolute atomic E-state index is 0.0145. The first-order valence-corrected chi connectivity index (χ1v) is 8.37. The molecule has 24 heavy (non-hydrogen) atoms. The van der Waals surface area contributed by atoms with Gasteiger partial charge in [0.25, 0.3) is 0 Å². The van der Waals surface area contributed by atoms with Crippen molar-refractivity contribution in [1.29, 1.82) is 0 Å². The van der Waals surface area contributed by atoms with Crippen LogP contribution in [0.15, 0.2) is 30.6 Å². The SMILES string of the molecule is NC[C@@H]1CN(c2ncc(OCc3c(Cl)cccc3Cl)cn2)CCO1. The normalized spacial score (nSPS) is 17.8. The molecule has 0 saturated carbocycles. The number of anilines is 1. The van der Waals surface area contributed by atoms with Gasteiger partial charge in [0.2, 0.25) is 5.95 Å². The van der Waals surface area contributed by atoms with Crippen LogP contribution in [0.2, 0.25) is 10.0 Å². The van der Waals surface area contributed by atoms with Crippen molar-refractivity contribution in [3.05, 3.63) is 46.2 Å². The molecule has 1 aliphatic rings. The van der Waals surface area contributed by atoms with E-state index in [-0.39, 0.29) is 12.7 Å². The van der Waals surface area contributed by atoms with Gasteiger partial charge in [-0.2, -0.15) is 0 Å². The average molecular weight is 369 g/mol. The Morgan fingerprint density at radius 1 is 1.25 bits per heavy atom. The summed E-state index contributed by atoms with van der Waals surface area (Å²) in [6.07, 6.45) is 3.29. The predicted molar refractivity (Wildman–Crippen MR) is 93.8 cm³/mol. The number of halogens is 2. The smallest absolute Gasteiger partial charge is 0.225 e. The molecule has 1 saturated heterocycles. The van der Waals surface area contributed by atoms with Crippen LogP contribution >= 0.6 is 23.2 Å². The molecule has 2 N–H and O–H groups in total. The topological polar surface area (TPSA) is 73.5 Å². The zero-order valence-corrected chi connectivity index (χ0v) is 14.5. The van der Waals surface area contributed by atoms with Gasteiger partial charge in [0.05, 0.1) is 25.1 Å². The molecule has 3 rings (SSSR count). The summed E-state index contributed by atoms with van der Waals surface area (Å²) in [5.41, 5.74) is 6.39. The number of aromatic nitrogens is 2. The number of ether oxygens (including phenoxy) is 2. The maximum absolute atomic E-state index is 6.13. The number of morpholine rings is 1. The lowest BCUT2D eigenvalue weighted by atomic mass is 10.2. The van der Waals surface area contributed by atoms with Crippen molar-refractivity contribution in [2.75, 3.05) is 31.1 Å². The molecule has 2 aromatic rings. The molecule has 6 nitrogen and oxygen atoms in total. The third-order valence-electron chi connectivity index (χ3n) is 3.74. The molecule has 8 heteroatoms. The van der Waals surface area contributed by atoms with Gasteiger partial charge < -0.3 is 20.1 Å². The predicted octanol–water partition coefficient (Wildman–Crippen LogP) is 2.53. The van der Waals surface area contributed by atoms with Crippen molar-refractivity contribution < 1.29 is 9.47 Å². The molecule has 0 bridgehead atoms. The summed E-state index contributed by atoms with van der Waals surface area (Å²) in [7, 11) is 0. The number of hydrogen-bond donors (Lipinski definition) is 1. The second kappa shape index (κ2) is 7.98. The summed E-state index contributed by atoms with van der Waals surface area (Å²) in [4.78, 5) is 10.8. The zero-order chi connectivity index (χ0) is 16.9. The van der Waals surface area contributed by atoms with E-state index in [1.54, 1.807) is 30.6 Å². The van der Waals surface area contributed by atoms with Crippen LogP contribution in [-0.4, -0.2) is 42.3 Å². The lowest BCUT2D eigenvalue weighted by Gasteiger charge is -2.32. The molecule has 2 heterocycles. The number of benzene rings is 1. The molecule has 128 valence electrons. The third kappa shape index (κ3) is 4.08. The monoisotopic (exact) mass is 368 g/mol. The van der Waals surface area contributed by atoms with Crippen LogP contribution in [0.25, 0.3) is 0 Å². The quantitative estimate of drug-likeness (QED) is 0.873. The highest BCUT2D eigenvalue weighted by molar-refractivity contribution is 6.35. The fraction of sp³-hybridized carbons (Fsp3) is 0.375. The number of nitrogens with zero attached hydrogens (tertiary/aromatic N) is 3. The van der Waals surface area contributed by atoms with Crippen molar-refractivity contribution in [2.24, 2.45) is 5.73 Å². The highest BCUT2D eigenvalue weighted by atomic mass is 35.5. The van der Waals surface area contributed by atoms with Crippen LogP contribution in [0.3, 0.4) is 0 Å². The number of nitrogens with two attached hydrogens (primary N) is 1. The molecule has 0 amide bonds. The molecule has 1 aromatic carbocycles. The minimum Gasteiger partial charge on any atom is -0.486 e. The first kappa shape index (κ1) is 17.2. The van der Waals surface area contributed by atoms with Gasteiger partial charge in [-0.1, -0.05) is 29.3 Å². The Bertz CT molecular complexity index is 664. The van der Waals surface area contributed by atoms with Gasteiger partial charge >= 0.3 is 0 Å². The zero-order valence-electron chi connectivity index (χ0n) is 13.0. The summed E-state index contributed by atoms with van der Waals surface area (Å²) in [6.45, 7) is 2.79. The lowest BCUT2D eigenvalue weighted by Crippen LogP contribution is -2.46. The van der Waals surface area contributed by atoms with Crippen LogP contribution in [0.4, 0.5) is 5.95 Å². The number of hydrogen-bond acceptors (Lipinski definition) is 6. The molecular formula is C16H18Cl2N4O2. The molecule has 0 aliphatic carbocycles. The van der Waals surface area contributed by atoms with Gasteiger partial charge in [-0.15, -0.1) is 0 Å². The molecule has 0 radical (unpaired) electrons. The summed E-state index contributed by atoms with van der Waals surface area (Å²) in [5.74, 6) is 1.19. The van der Waals surface area contributed by atoms with E-state index in [4.69, 9.17) is 38.4 Å². The standard InChI is InChI=1S/C16H18Cl2N4O2/c17-14-2-1-3-15(18)13(14)10-24-12-7-20-16(21-8-12)22-4-5-23-11(6-19)9-22/h1-3,7-8,11H,4-6,9-10,19H2/t11-/m1/s1. The summed E-state index contributed by atoms with van der Waals surface area (Å²) < 4.78 is 11.2. The van der Waals surface area contributed by atoms with Crippen LogP contribution in [0.5, 0.6) is 5.75 Å². The molecule has 1 aliphatic heterocycles. The second-order valence-electron chi connectivity index (χ2n) is 5.38. The van der Waals surface area contributed by atoms with Crippen molar-refractivity contribution in [3.63, 3.8) is 0 Å². The second-order valence-corrected chi connectivity index (χ2v) is 6.20. The Morgan fingerprint density at radius 3 is 2.62 bits per heavy atom. The van der Waals surface area contributed by atoms with E-state index < -0.39 is 0 Å². The van der Waals surface area contributed by atoms with E-state index in [9.17, 15) is 0 Å². The Hall–Kier alpha value is -1.60. The van der Waals surface area contributed by atoms with Gasteiger partial charge in [0, 0.05) is 35.2 Å². The van der Waals surface area contributed by atoms with E-state index in [0.717, 1.165) is 12.1 Å². The Kier molecular flexibility index (Phi) is 5.73.